The quantitative estimate of drug-likeness (QED) is 0.399. The fraction of sp³-hybridized carbons (Fsp3) is 0.560. The van der Waals surface area contributed by atoms with E-state index >= 15 is 0 Å². The first-order valence-corrected chi connectivity index (χ1v) is 11.0. The highest BCUT2D eigenvalue weighted by atomic mass is 16.6. The van der Waals surface area contributed by atoms with Crippen molar-refractivity contribution >= 4 is 24.0 Å². The molecule has 0 bridgehead atoms. The highest BCUT2D eigenvalue weighted by Crippen LogP contribution is 2.14. The molecule has 0 saturated heterocycles. The van der Waals surface area contributed by atoms with E-state index in [4.69, 9.17) is 19.9 Å². The predicted octanol–water partition coefficient (Wildman–Crippen LogP) is 4.11. The standard InChI is InChI=1S/C25H38N2O6/c1-17(20(13-14-21(26)28)27-23(30)33-25(5,6)7)31-16-19-10-8-18(9-11-19)12-15-22(29)32-24(2,3)4/h8-12,15,17,20H,13-14,16H2,1-7H3,(H2,26,28)(H,27,30)/b15-12+/t17-,20+/m1/s1. The monoisotopic (exact) mass is 462 g/mol. The molecule has 8 nitrogen and oxygen atoms in total. The fourth-order valence-corrected chi connectivity index (χ4v) is 2.75. The topological polar surface area (TPSA) is 117 Å². The highest BCUT2D eigenvalue weighted by molar-refractivity contribution is 5.87. The number of benzene rings is 1. The van der Waals surface area contributed by atoms with E-state index in [0.29, 0.717) is 13.0 Å². The Labute approximate surface area is 196 Å². The minimum atomic E-state index is -0.637. The molecule has 3 N–H and O–H groups in total. The molecule has 8 heteroatoms. The molecule has 2 amide bonds. The third kappa shape index (κ3) is 13.3. The summed E-state index contributed by atoms with van der Waals surface area (Å²) >= 11 is 0. The number of ether oxygens (including phenoxy) is 3. The van der Waals surface area contributed by atoms with Crippen molar-refractivity contribution in [2.24, 2.45) is 5.73 Å². The second kappa shape index (κ2) is 12.4. The molecule has 1 rings (SSSR count). The Balaban J connectivity index is 2.68. The van der Waals surface area contributed by atoms with Gasteiger partial charge in [-0.2, -0.15) is 0 Å². The average molecular weight is 463 g/mol. The maximum Gasteiger partial charge on any atom is 0.407 e. The van der Waals surface area contributed by atoms with Crippen molar-refractivity contribution in [1.82, 2.24) is 5.32 Å². The fourth-order valence-electron chi connectivity index (χ4n) is 2.75. The summed E-state index contributed by atoms with van der Waals surface area (Å²) in [4.78, 5) is 35.2. The summed E-state index contributed by atoms with van der Waals surface area (Å²) in [6.45, 7) is 12.9. The Kier molecular flexibility index (Phi) is 10.6. The molecule has 0 aliphatic heterocycles. The molecule has 0 aromatic heterocycles. The Morgan fingerprint density at radius 1 is 1.00 bits per heavy atom. The second-order valence-electron chi connectivity index (χ2n) is 9.88. The van der Waals surface area contributed by atoms with Crippen LogP contribution in [0.5, 0.6) is 0 Å². The first-order chi connectivity index (χ1) is 15.1. The lowest BCUT2D eigenvalue weighted by molar-refractivity contribution is -0.148. The number of carbonyl (C=O) groups is 3. The third-order valence-corrected chi connectivity index (χ3v) is 4.28. The van der Waals surface area contributed by atoms with Gasteiger partial charge in [0.2, 0.25) is 5.91 Å². The number of alkyl carbamates (subject to hydrolysis) is 1. The maximum absolute atomic E-state index is 12.2. The van der Waals surface area contributed by atoms with Crippen LogP contribution in [0.15, 0.2) is 30.3 Å². The van der Waals surface area contributed by atoms with Crippen LogP contribution in [0.1, 0.15) is 72.4 Å². The lowest BCUT2D eigenvalue weighted by Crippen LogP contribution is -2.45. The molecule has 33 heavy (non-hydrogen) atoms. The van der Waals surface area contributed by atoms with Gasteiger partial charge in [0.05, 0.1) is 18.8 Å². The van der Waals surface area contributed by atoms with Crippen LogP contribution in [0.4, 0.5) is 4.79 Å². The van der Waals surface area contributed by atoms with Gasteiger partial charge >= 0.3 is 12.1 Å². The number of carbonyl (C=O) groups excluding carboxylic acids is 3. The van der Waals surface area contributed by atoms with Crippen molar-refractivity contribution < 1.29 is 28.6 Å². The molecule has 0 unspecified atom stereocenters. The number of primary amides is 1. The van der Waals surface area contributed by atoms with Crippen molar-refractivity contribution in [2.75, 3.05) is 0 Å². The molecule has 1 aromatic rings. The van der Waals surface area contributed by atoms with Gasteiger partial charge in [-0.15, -0.1) is 0 Å². The van der Waals surface area contributed by atoms with Crippen molar-refractivity contribution in [3.05, 3.63) is 41.5 Å². The predicted molar refractivity (Wildman–Crippen MR) is 127 cm³/mol. The SMILES string of the molecule is C[C@@H](OCc1ccc(/C=C/C(=O)OC(C)(C)C)cc1)[C@H](CCC(N)=O)NC(=O)OC(C)(C)C. The minimum Gasteiger partial charge on any atom is -0.457 e. The summed E-state index contributed by atoms with van der Waals surface area (Å²) in [5.41, 5.74) is 5.87. The van der Waals surface area contributed by atoms with Crippen LogP contribution in [0, 0.1) is 0 Å². The molecule has 0 aliphatic rings. The summed E-state index contributed by atoms with van der Waals surface area (Å²) in [6, 6.07) is 7.08. The summed E-state index contributed by atoms with van der Waals surface area (Å²) in [5.74, 6) is -0.851. The molecule has 0 heterocycles. The lowest BCUT2D eigenvalue weighted by Gasteiger charge is -2.27. The van der Waals surface area contributed by atoms with Gasteiger partial charge in [0, 0.05) is 12.5 Å². The van der Waals surface area contributed by atoms with Gasteiger partial charge in [0.25, 0.3) is 0 Å². The molecule has 0 saturated carbocycles. The Morgan fingerprint density at radius 2 is 1.58 bits per heavy atom. The van der Waals surface area contributed by atoms with E-state index in [-0.39, 0.29) is 12.5 Å². The van der Waals surface area contributed by atoms with Crippen LogP contribution in [-0.2, 0) is 30.4 Å². The number of esters is 1. The van der Waals surface area contributed by atoms with E-state index < -0.39 is 35.2 Å². The molecule has 2 atom stereocenters. The van der Waals surface area contributed by atoms with E-state index in [0.717, 1.165) is 11.1 Å². The van der Waals surface area contributed by atoms with E-state index in [1.165, 1.54) is 6.08 Å². The van der Waals surface area contributed by atoms with E-state index in [2.05, 4.69) is 5.32 Å². The Bertz CT molecular complexity index is 819. The number of amides is 2. The maximum atomic E-state index is 12.2. The molecule has 1 aromatic carbocycles. The van der Waals surface area contributed by atoms with Crippen molar-refractivity contribution in [3.63, 3.8) is 0 Å². The van der Waals surface area contributed by atoms with Crippen LogP contribution in [0.25, 0.3) is 6.08 Å². The van der Waals surface area contributed by atoms with Gasteiger partial charge < -0.3 is 25.3 Å². The van der Waals surface area contributed by atoms with Gasteiger partial charge in [0.1, 0.15) is 11.2 Å². The van der Waals surface area contributed by atoms with Gasteiger partial charge in [-0.3, -0.25) is 4.79 Å². The third-order valence-electron chi connectivity index (χ3n) is 4.28. The van der Waals surface area contributed by atoms with E-state index in [1.807, 2.05) is 52.0 Å². The molecule has 0 aliphatic carbocycles. The molecule has 0 radical (unpaired) electrons. The normalized spacial score (nSPS) is 13.9. The zero-order valence-electron chi connectivity index (χ0n) is 20.8. The van der Waals surface area contributed by atoms with E-state index in [1.54, 1.807) is 26.8 Å². The van der Waals surface area contributed by atoms with Gasteiger partial charge in [-0.25, -0.2) is 9.59 Å². The number of rotatable bonds is 10. The van der Waals surface area contributed by atoms with Crippen molar-refractivity contribution in [3.8, 4) is 0 Å². The van der Waals surface area contributed by atoms with Crippen LogP contribution >= 0.6 is 0 Å². The van der Waals surface area contributed by atoms with E-state index in [9.17, 15) is 14.4 Å². The van der Waals surface area contributed by atoms with Crippen LogP contribution < -0.4 is 11.1 Å². The van der Waals surface area contributed by atoms with Gasteiger partial charge in [-0.05, 0) is 72.1 Å². The second-order valence-corrected chi connectivity index (χ2v) is 9.88. The Morgan fingerprint density at radius 3 is 2.09 bits per heavy atom. The summed E-state index contributed by atoms with van der Waals surface area (Å²) in [5, 5.41) is 2.77. The number of hydrogen-bond acceptors (Lipinski definition) is 6. The van der Waals surface area contributed by atoms with Crippen LogP contribution in [0.3, 0.4) is 0 Å². The average Bonchev–Trinajstić information content (AvgIpc) is 2.65. The molecular weight excluding hydrogens is 424 g/mol. The zero-order chi connectivity index (χ0) is 25.2. The van der Waals surface area contributed by atoms with Crippen LogP contribution in [0.2, 0.25) is 0 Å². The van der Waals surface area contributed by atoms with Crippen LogP contribution in [-0.4, -0.2) is 41.3 Å². The summed E-state index contributed by atoms with van der Waals surface area (Å²) in [6.07, 6.45) is 2.57. The molecule has 184 valence electrons. The molecule has 0 fully saturated rings. The highest BCUT2D eigenvalue weighted by Gasteiger charge is 2.24. The van der Waals surface area contributed by atoms with Crippen molar-refractivity contribution in [2.45, 2.75) is 91.3 Å². The number of nitrogens with two attached hydrogens (primary N) is 1. The first-order valence-electron chi connectivity index (χ1n) is 11.0. The van der Waals surface area contributed by atoms with Gasteiger partial charge in [-0.1, -0.05) is 24.3 Å². The summed E-state index contributed by atoms with van der Waals surface area (Å²) < 4.78 is 16.5. The summed E-state index contributed by atoms with van der Waals surface area (Å²) in [7, 11) is 0. The van der Waals surface area contributed by atoms with Gasteiger partial charge in [0.15, 0.2) is 0 Å². The first kappa shape index (κ1) is 28.2. The molecule has 0 spiro atoms. The largest absolute Gasteiger partial charge is 0.457 e. The van der Waals surface area contributed by atoms with Crippen molar-refractivity contribution in [1.29, 1.82) is 0 Å². The Hall–Kier alpha value is -2.87. The lowest BCUT2D eigenvalue weighted by atomic mass is 10.1. The molecular formula is C25H38N2O6. The number of hydrogen-bond donors (Lipinski definition) is 2. The minimum absolute atomic E-state index is 0.118. The smallest absolute Gasteiger partial charge is 0.407 e. The number of nitrogens with one attached hydrogen (secondary N) is 1. The zero-order valence-corrected chi connectivity index (χ0v) is 20.8.